The Morgan fingerprint density at radius 1 is 1.29 bits per heavy atom. The van der Waals surface area contributed by atoms with Gasteiger partial charge in [0.1, 0.15) is 24.3 Å². The smallest absolute Gasteiger partial charge is 0.229 e. The van der Waals surface area contributed by atoms with Gasteiger partial charge in [0.15, 0.2) is 4.34 Å². The van der Waals surface area contributed by atoms with Crippen molar-refractivity contribution < 1.29 is 4.79 Å². The highest BCUT2D eigenvalue weighted by Crippen LogP contribution is 2.27. The monoisotopic (exact) mass is 416 g/mol. The molecule has 0 aliphatic carbocycles. The van der Waals surface area contributed by atoms with Gasteiger partial charge in [-0.05, 0) is 18.6 Å². The topological polar surface area (TPSA) is 102 Å². The zero-order valence-corrected chi connectivity index (χ0v) is 17.0. The van der Waals surface area contributed by atoms with E-state index in [9.17, 15) is 4.79 Å². The van der Waals surface area contributed by atoms with Gasteiger partial charge in [-0.3, -0.25) is 9.36 Å². The van der Waals surface area contributed by atoms with E-state index in [2.05, 4.69) is 42.3 Å². The first-order valence-electron chi connectivity index (χ1n) is 9.05. The van der Waals surface area contributed by atoms with Gasteiger partial charge in [-0.25, -0.2) is 15.0 Å². The first-order chi connectivity index (χ1) is 13.7. The van der Waals surface area contributed by atoms with Crippen LogP contribution in [-0.4, -0.2) is 54.5 Å². The summed E-state index contributed by atoms with van der Waals surface area (Å²) in [6, 6.07) is 1.94. The number of anilines is 2. The quantitative estimate of drug-likeness (QED) is 0.483. The second kappa shape index (κ2) is 8.65. The molecular weight excluding hydrogens is 396 g/mol. The summed E-state index contributed by atoms with van der Waals surface area (Å²) in [5.74, 6) is 2.57. The summed E-state index contributed by atoms with van der Waals surface area (Å²) in [4.78, 5) is 27.5. The highest BCUT2D eigenvalue weighted by Gasteiger charge is 2.26. The standard InChI is InChI=1S/C17H20N8OS2/c1-2-27-17-23-22-16(28-17)21-15(26)12-3-6-24(7-4-12)13-9-14(20-10-19-13)25-8-5-18-11-25/h5,8-12H,2-4,6-7H2,1H3,(H,21,22,26). The molecule has 3 aromatic rings. The lowest BCUT2D eigenvalue weighted by atomic mass is 9.96. The van der Waals surface area contributed by atoms with Crippen LogP contribution >= 0.6 is 23.1 Å². The maximum absolute atomic E-state index is 12.6. The normalized spacial score (nSPS) is 15.0. The molecule has 1 amide bonds. The summed E-state index contributed by atoms with van der Waals surface area (Å²) < 4.78 is 2.73. The molecule has 4 rings (SSSR count). The molecule has 0 spiro atoms. The van der Waals surface area contributed by atoms with E-state index in [0.717, 1.165) is 47.7 Å². The van der Waals surface area contributed by atoms with Gasteiger partial charge < -0.3 is 10.2 Å². The van der Waals surface area contributed by atoms with Crippen LogP contribution in [0, 0.1) is 5.92 Å². The molecule has 0 aromatic carbocycles. The molecule has 1 aliphatic heterocycles. The summed E-state index contributed by atoms with van der Waals surface area (Å²) in [5, 5.41) is 11.6. The van der Waals surface area contributed by atoms with Gasteiger partial charge >= 0.3 is 0 Å². The molecule has 11 heteroatoms. The van der Waals surface area contributed by atoms with Crippen molar-refractivity contribution in [2.24, 2.45) is 5.92 Å². The Morgan fingerprint density at radius 3 is 2.86 bits per heavy atom. The fourth-order valence-corrected chi connectivity index (χ4v) is 4.72. The lowest BCUT2D eigenvalue weighted by molar-refractivity contribution is -0.120. The molecule has 0 unspecified atom stereocenters. The molecule has 0 atom stereocenters. The summed E-state index contributed by atoms with van der Waals surface area (Å²) >= 11 is 3.05. The van der Waals surface area contributed by atoms with E-state index in [1.54, 1.807) is 30.6 Å². The Balaban J connectivity index is 1.34. The fourth-order valence-electron chi connectivity index (χ4n) is 3.07. The van der Waals surface area contributed by atoms with Gasteiger partial charge in [-0.1, -0.05) is 30.0 Å². The van der Waals surface area contributed by atoms with Crippen LogP contribution in [-0.2, 0) is 4.79 Å². The third-order valence-corrected chi connectivity index (χ3v) is 6.36. The van der Waals surface area contributed by atoms with Gasteiger partial charge in [-0.15, -0.1) is 10.2 Å². The number of hydrogen-bond acceptors (Lipinski definition) is 9. The Morgan fingerprint density at radius 2 is 2.11 bits per heavy atom. The van der Waals surface area contributed by atoms with E-state index in [1.165, 1.54) is 11.3 Å². The van der Waals surface area contributed by atoms with Crippen LogP contribution in [0.4, 0.5) is 10.9 Å². The summed E-state index contributed by atoms with van der Waals surface area (Å²) in [6.45, 7) is 3.60. The Hall–Kier alpha value is -2.53. The number of nitrogens with one attached hydrogen (secondary N) is 1. The largest absolute Gasteiger partial charge is 0.356 e. The summed E-state index contributed by atoms with van der Waals surface area (Å²) in [7, 11) is 0. The second-order valence-corrected chi connectivity index (χ2v) is 8.75. The Kier molecular flexibility index (Phi) is 5.81. The van der Waals surface area contributed by atoms with E-state index in [0.29, 0.717) is 5.13 Å². The zero-order valence-electron chi connectivity index (χ0n) is 15.4. The van der Waals surface area contributed by atoms with Crippen LogP contribution < -0.4 is 10.2 Å². The lowest BCUT2D eigenvalue weighted by Gasteiger charge is -2.32. The van der Waals surface area contributed by atoms with Crippen LogP contribution in [0.25, 0.3) is 5.82 Å². The van der Waals surface area contributed by atoms with Gasteiger partial charge in [0, 0.05) is 37.5 Å². The van der Waals surface area contributed by atoms with Crippen molar-refractivity contribution in [3.8, 4) is 5.82 Å². The number of nitrogens with zero attached hydrogens (tertiary/aromatic N) is 7. The third kappa shape index (κ3) is 4.30. The van der Waals surface area contributed by atoms with Crippen LogP contribution in [0.3, 0.4) is 0 Å². The summed E-state index contributed by atoms with van der Waals surface area (Å²) in [6.07, 6.45) is 8.37. The zero-order chi connectivity index (χ0) is 19.3. The molecule has 4 heterocycles. The molecule has 0 saturated carbocycles. The molecule has 146 valence electrons. The van der Waals surface area contributed by atoms with Crippen molar-refractivity contribution in [2.75, 3.05) is 29.1 Å². The molecule has 1 saturated heterocycles. The number of imidazole rings is 1. The van der Waals surface area contributed by atoms with Crippen molar-refractivity contribution in [3.05, 3.63) is 31.1 Å². The van der Waals surface area contributed by atoms with Crippen molar-refractivity contribution in [1.82, 2.24) is 29.7 Å². The molecule has 9 nitrogen and oxygen atoms in total. The van der Waals surface area contributed by atoms with Crippen molar-refractivity contribution in [3.63, 3.8) is 0 Å². The highest BCUT2D eigenvalue weighted by molar-refractivity contribution is 8.01. The first-order valence-corrected chi connectivity index (χ1v) is 10.9. The summed E-state index contributed by atoms with van der Waals surface area (Å²) in [5.41, 5.74) is 0. The van der Waals surface area contributed by atoms with E-state index in [4.69, 9.17) is 0 Å². The predicted octanol–water partition coefficient (Wildman–Crippen LogP) is 2.48. The van der Waals surface area contributed by atoms with E-state index in [-0.39, 0.29) is 11.8 Å². The molecule has 1 fully saturated rings. The average Bonchev–Trinajstić information content (AvgIpc) is 3.41. The van der Waals surface area contributed by atoms with Crippen molar-refractivity contribution in [2.45, 2.75) is 24.1 Å². The van der Waals surface area contributed by atoms with Crippen LogP contribution in [0.5, 0.6) is 0 Å². The molecular formula is C17H20N8OS2. The number of thioether (sulfide) groups is 1. The Bertz CT molecular complexity index is 921. The van der Waals surface area contributed by atoms with Gasteiger partial charge in [-0.2, -0.15) is 0 Å². The third-order valence-electron chi connectivity index (χ3n) is 4.50. The fraction of sp³-hybridized carbons (Fsp3) is 0.412. The molecule has 1 N–H and O–H groups in total. The molecule has 0 bridgehead atoms. The van der Waals surface area contributed by atoms with Crippen molar-refractivity contribution >= 4 is 40.0 Å². The number of aromatic nitrogens is 6. The van der Waals surface area contributed by atoms with Crippen LogP contribution in [0.15, 0.2) is 35.5 Å². The number of carbonyl (C=O) groups is 1. The van der Waals surface area contributed by atoms with Gasteiger partial charge in [0.05, 0.1) is 0 Å². The average molecular weight is 417 g/mol. The molecule has 3 aromatic heterocycles. The Labute approximate surface area is 170 Å². The highest BCUT2D eigenvalue weighted by atomic mass is 32.2. The van der Waals surface area contributed by atoms with Gasteiger partial charge in [0.25, 0.3) is 0 Å². The van der Waals surface area contributed by atoms with E-state index < -0.39 is 0 Å². The second-order valence-electron chi connectivity index (χ2n) is 6.26. The molecule has 28 heavy (non-hydrogen) atoms. The van der Waals surface area contributed by atoms with E-state index in [1.807, 2.05) is 16.8 Å². The number of amides is 1. The van der Waals surface area contributed by atoms with Crippen molar-refractivity contribution in [1.29, 1.82) is 0 Å². The molecule has 0 radical (unpaired) electrons. The van der Waals surface area contributed by atoms with E-state index >= 15 is 0 Å². The predicted molar refractivity (Wildman–Crippen MR) is 109 cm³/mol. The van der Waals surface area contributed by atoms with Gasteiger partial charge in [0.2, 0.25) is 11.0 Å². The minimum absolute atomic E-state index is 0.0191. The lowest BCUT2D eigenvalue weighted by Crippen LogP contribution is -2.38. The van der Waals surface area contributed by atoms with Crippen LogP contribution in [0.1, 0.15) is 19.8 Å². The number of rotatable bonds is 6. The number of hydrogen-bond donors (Lipinski definition) is 1. The first kappa shape index (κ1) is 18.8. The maximum Gasteiger partial charge on any atom is 0.229 e. The minimum atomic E-state index is -0.0302. The minimum Gasteiger partial charge on any atom is -0.356 e. The number of piperidine rings is 1. The van der Waals surface area contributed by atoms with Crippen LogP contribution in [0.2, 0.25) is 0 Å². The number of carbonyl (C=O) groups excluding carboxylic acids is 1. The molecule has 1 aliphatic rings. The SMILES string of the molecule is CCSc1nnc(NC(=O)C2CCN(c3cc(-n4ccnc4)ncn3)CC2)s1. The maximum atomic E-state index is 12.6.